The quantitative estimate of drug-likeness (QED) is 0.569. The topological polar surface area (TPSA) is 105 Å². The molecule has 2 amide bonds. The number of ether oxygens (including phenoxy) is 2. The summed E-state index contributed by atoms with van der Waals surface area (Å²) in [5, 5.41) is 11.8. The lowest BCUT2D eigenvalue weighted by molar-refractivity contribution is -0.142. The summed E-state index contributed by atoms with van der Waals surface area (Å²) < 4.78 is 10.9. The molecule has 35 heavy (non-hydrogen) atoms. The van der Waals surface area contributed by atoms with Crippen LogP contribution in [0.4, 0.5) is 4.79 Å². The van der Waals surface area contributed by atoms with Crippen LogP contribution >= 0.6 is 0 Å². The summed E-state index contributed by atoms with van der Waals surface area (Å²) in [5.41, 5.74) is 4.63. The number of likely N-dealkylation sites (tertiary alicyclic amines) is 1. The number of alkyl carbamates (subject to hydrolysis) is 1. The third-order valence-corrected chi connectivity index (χ3v) is 7.10. The van der Waals surface area contributed by atoms with Crippen molar-refractivity contribution >= 4 is 18.0 Å². The molecule has 186 valence electrons. The molecule has 2 aliphatic rings. The Morgan fingerprint density at radius 1 is 1.06 bits per heavy atom. The van der Waals surface area contributed by atoms with E-state index in [-0.39, 0.29) is 43.2 Å². The predicted octanol–water partition coefficient (Wildman–Crippen LogP) is 3.50. The fraction of sp³-hybridized carbons (Fsp3) is 0.444. The van der Waals surface area contributed by atoms with Gasteiger partial charge in [-0.25, -0.2) is 4.79 Å². The highest BCUT2D eigenvalue weighted by Crippen LogP contribution is 2.44. The lowest BCUT2D eigenvalue weighted by Crippen LogP contribution is -2.41. The van der Waals surface area contributed by atoms with Gasteiger partial charge in [0.05, 0.1) is 6.42 Å². The number of methoxy groups -OCH3 is 1. The van der Waals surface area contributed by atoms with Crippen LogP contribution in [0.15, 0.2) is 48.5 Å². The molecule has 1 saturated heterocycles. The van der Waals surface area contributed by atoms with Crippen molar-refractivity contribution in [1.82, 2.24) is 10.2 Å². The molecule has 1 heterocycles. The summed E-state index contributed by atoms with van der Waals surface area (Å²) in [4.78, 5) is 38.0. The van der Waals surface area contributed by atoms with Crippen LogP contribution in [-0.4, -0.2) is 67.4 Å². The number of carbonyl (C=O) groups is 3. The van der Waals surface area contributed by atoms with Crippen LogP contribution in [0.3, 0.4) is 0 Å². The van der Waals surface area contributed by atoms with E-state index in [1.807, 2.05) is 31.2 Å². The van der Waals surface area contributed by atoms with Crippen molar-refractivity contribution < 1.29 is 29.0 Å². The Kier molecular flexibility index (Phi) is 7.70. The van der Waals surface area contributed by atoms with Crippen LogP contribution < -0.4 is 5.32 Å². The Hall–Kier alpha value is -3.39. The summed E-state index contributed by atoms with van der Waals surface area (Å²) in [7, 11) is 1.46. The van der Waals surface area contributed by atoms with Gasteiger partial charge in [0.25, 0.3) is 5.91 Å². The molecule has 1 aliphatic carbocycles. The molecule has 0 saturated carbocycles. The highest BCUT2D eigenvalue weighted by Gasteiger charge is 2.36. The minimum atomic E-state index is -0.855. The monoisotopic (exact) mass is 480 g/mol. The van der Waals surface area contributed by atoms with Gasteiger partial charge in [-0.2, -0.15) is 0 Å². The third kappa shape index (κ3) is 5.48. The number of fused-ring (bicyclic) bond motifs is 3. The number of nitrogens with zero attached hydrogens (tertiary/aromatic N) is 1. The summed E-state index contributed by atoms with van der Waals surface area (Å²) in [6.45, 7) is 3.33. The van der Waals surface area contributed by atoms with Crippen molar-refractivity contribution in [1.29, 1.82) is 0 Å². The molecule has 4 rings (SSSR count). The molecule has 0 bridgehead atoms. The highest BCUT2D eigenvalue weighted by molar-refractivity contribution is 5.81. The summed E-state index contributed by atoms with van der Waals surface area (Å²) in [5.74, 6) is -0.995. The fourth-order valence-electron chi connectivity index (χ4n) is 5.20. The van der Waals surface area contributed by atoms with Gasteiger partial charge in [0.2, 0.25) is 0 Å². The number of hydrogen-bond donors (Lipinski definition) is 2. The molecule has 0 radical (unpaired) electrons. The van der Waals surface area contributed by atoms with Gasteiger partial charge in [-0.05, 0) is 34.1 Å². The maximum absolute atomic E-state index is 12.9. The van der Waals surface area contributed by atoms with Crippen molar-refractivity contribution in [2.45, 2.75) is 31.8 Å². The Labute approximate surface area is 205 Å². The van der Waals surface area contributed by atoms with E-state index in [4.69, 9.17) is 14.6 Å². The van der Waals surface area contributed by atoms with Crippen molar-refractivity contribution in [3.05, 3.63) is 59.7 Å². The molecular formula is C27H32N2O6. The van der Waals surface area contributed by atoms with Crippen LogP contribution in [0.2, 0.25) is 0 Å². The van der Waals surface area contributed by atoms with Gasteiger partial charge in [-0.3, -0.25) is 9.59 Å². The SMILES string of the molecule is COC(CCNC(=O)OCC1c2ccccc2-c2ccccc21)C(=O)N1CC(C)C(CC(=O)O)C1. The van der Waals surface area contributed by atoms with Crippen molar-refractivity contribution in [3.8, 4) is 11.1 Å². The molecule has 0 aromatic heterocycles. The predicted molar refractivity (Wildman–Crippen MR) is 130 cm³/mol. The number of carboxylic acids is 1. The molecule has 8 heteroatoms. The first kappa shape index (κ1) is 24.7. The smallest absolute Gasteiger partial charge is 0.407 e. The van der Waals surface area contributed by atoms with Gasteiger partial charge in [-0.15, -0.1) is 0 Å². The normalized spacial score (nSPS) is 19.7. The first-order valence-corrected chi connectivity index (χ1v) is 12.0. The highest BCUT2D eigenvalue weighted by atomic mass is 16.5. The number of hydrogen-bond acceptors (Lipinski definition) is 5. The second-order valence-electron chi connectivity index (χ2n) is 9.34. The zero-order chi connectivity index (χ0) is 24.9. The Morgan fingerprint density at radius 3 is 2.29 bits per heavy atom. The van der Waals surface area contributed by atoms with Gasteiger partial charge >= 0.3 is 12.1 Å². The number of carbonyl (C=O) groups excluding carboxylic acids is 2. The zero-order valence-corrected chi connectivity index (χ0v) is 20.1. The third-order valence-electron chi connectivity index (χ3n) is 7.10. The lowest BCUT2D eigenvalue weighted by Gasteiger charge is -2.23. The van der Waals surface area contributed by atoms with E-state index in [1.165, 1.54) is 18.2 Å². The fourth-order valence-corrected chi connectivity index (χ4v) is 5.20. The average molecular weight is 481 g/mol. The van der Waals surface area contributed by atoms with Crippen LogP contribution in [0.25, 0.3) is 11.1 Å². The zero-order valence-electron chi connectivity index (χ0n) is 20.1. The Balaban J connectivity index is 1.26. The van der Waals surface area contributed by atoms with Crippen molar-refractivity contribution in [3.63, 3.8) is 0 Å². The minimum absolute atomic E-state index is 0.0163. The Morgan fingerprint density at radius 2 is 1.69 bits per heavy atom. The van der Waals surface area contributed by atoms with Gasteiger partial charge in [0.1, 0.15) is 12.7 Å². The second-order valence-corrected chi connectivity index (χ2v) is 9.34. The summed E-state index contributed by atoms with van der Waals surface area (Å²) in [6.07, 6.45) is -0.898. The number of aliphatic carboxylic acids is 1. The number of nitrogens with one attached hydrogen (secondary N) is 1. The number of amides is 2. The van der Waals surface area contributed by atoms with E-state index in [0.29, 0.717) is 19.5 Å². The van der Waals surface area contributed by atoms with Crippen LogP contribution in [0.1, 0.15) is 36.8 Å². The number of benzene rings is 2. The van der Waals surface area contributed by atoms with E-state index in [1.54, 1.807) is 4.90 Å². The lowest BCUT2D eigenvalue weighted by atomic mass is 9.95. The first-order chi connectivity index (χ1) is 16.9. The van der Waals surface area contributed by atoms with Gasteiger partial charge < -0.3 is 24.8 Å². The van der Waals surface area contributed by atoms with E-state index < -0.39 is 18.2 Å². The maximum Gasteiger partial charge on any atom is 0.407 e. The van der Waals surface area contributed by atoms with Crippen LogP contribution in [-0.2, 0) is 19.1 Å². The molecule has 2 aromatic carbocycles. The van der Waals surface area contributed by atoms with Crippen molar-refractivity contribution in [2.24, 2.45) is 11.8 Å². The molecule has 1 aliphatic heterocycles. The van der Waals surface area contributed by atoms with Gasteiger partial charge in [-0.1, -0.05) is 55.5 Å². The van der Waals surface area contributed by atoms with E-state index in [0.717, 1.165) is 11.1 Å². The van der Waals surface area contributed by atoms with Crippen LogP contribution in [0.5, 0.6) is 0 Å². The molecule has 3 unspecified atom stereocenters. The molecule has 2 N–H and O–H groups in total. The summed E-state index contributed by atoms with van der Waals surface area (Å²) in [6, 6.07) is 16.3. The van der Waals surface area contributed by atoms with Crippen molar-refractivity contribution in [2.75, 3.05) is 33.4 Å². The molecule has 1 fully saturated rings. The molecule has 3 atom stereocenters. The first-order valence-electron chi connectivity index (χ1n) is 12.0. The molecule has 8 nitrogen and oxygen atoms in total. The molecule has 2 aromatic rings. The maximum atomic E-state index is 12.9. The average Bonchev–Trinajstić information content (AvgIpc) is 3.37. The van der Waals surface area contributed by atoms with Gasteiger partial charge in [0.15, 0.2) is 0 Å². The number of rotatable bonds is 9. The summed E-state index contributed by atoms with van der Waals surface area (Å²) >= 11 is 0. The van der Waals surface area contributed by atoms with E-state index in [9.17, 15) is 14.4 Å². The largest absolute Gasteiger partial charge is 0.481 e. The van der Waals surface area contributed by atoms with E-state index >= 15 is 0 Å². The standard InChI is InChI=1S/C27H32N2O6/c1-17-14-29(15-18(17)13-25(30)31)26(32)24(34-2)11-12-28-27(33)35-16-23-21-9-5-3-7-19(21)20-8-4-6-10-22(20)23/h3-10,17-18,23-24H,11-16H2,1-2H3,(H,28,33)(H,30,31). The number of carboxylic acid groups (broad SMARTS) is 1. The second kappa shape index (κ2) is 10.9. The molecular weight excluding hydrogens is 448 g/mol. The Bertz CT molecular complexity index is 1040. The van der Waals surface area contributed by atoms with Gasteiger partial charge in [0, 0.05) is 39.1 Å². The van der Waals surface area contributed by atoms with Crippen LogP contribution in [0, 0.1) is 11.8 Å². The van der Waals surface area contributed by atoms with E-state index in [2.05, 4.69) is 29.6 Å². The minimum Gasteiger partial charge on any atom is -0.481 e. The molecule has 0 spiro atoms.